The summed E-state index contributed by atoms with van der Waals surface area (Å²) in [5, 5.41) is 0. The van der Waals surface area contributed by atoms with E-state index in [0.29, 0.717) is 11.3 Å². The lowest BCUT2D eigenvalue weighted by molar-refractivity contribution is -0.0475. The molecular formula is C31H48FN. The van der Waals surface area contributed by atoms with Gasteiger partial charge in [0.2, 0.25) is 0 Å². The fourth-order valence-corrected chi connectivity index (χ4v) is 5.42. The molecule has 0 atom stereocenters. The van der Waals surface area contributed by atoms with Crippen molar-refractivity contribution in [2.45, 2.75) is 93.5 Å². The van der Waals surface area contributed by atoms with Gasteiger partial charge in [-0.15, -0.1) is 0 Å². The van der Waals surface area contributed by atoms with Gasteiger partial charge in [0.25, 0.3) is 0 Å². The van der Waals surface area contributed by atoms with Gasteiger partial charge in [0.1, 0.15) is 5.82 Å². The van der Waals surface area contributed by atoms with Crippen LogP contribution in [0.15, 0.2) is 42.5 Å². The van der Waals surface area contributed by atoms with Gasteiger partial charge in [-0.05, 0) is 71.6 Å². The first kappa shape index (κ1) is 27.6. The van der Waals surface area contributed by atoms with Crippen molar-refractivity contribution in [3.05, 3.63) is 59.4 Å². The molecule has 1 spiro atoms. The second-order valence-corrected chi connectivity index (χ2v) is 10.3. The zero-order chi connectivity index (χ0) is 24.6. The molecule has 184 valence electrons. The van der Waals surface area contributed by atoms with Gasteiger partial charge in [-0.1, -0.05) is 91.8 Å². The molecule has 1 saturated heterocycles. The lowest BCUT2D eigenvalue weighted by atomic mass is 9.64. The van der Waals surface area contributed by atoms with Gasteiger partial charge in [0, 0.05) is 25.2 Å². The van der Waals surface area contributed by atoms with E-state index < -0.39 is 0 Å². The number of halogens is 1. The predicted octanol–water partition coefficient (Wildman–Crippen LogP) is 9.32. The first-order chi connectivity index (χ1) is 15.8. The van der Waals surface area contributed by atoms with E-state index in [0.717, 1.165) is 48.2 Å². The van der Waals surface area contributed by atoms with Crippen LogP contribution in [0.5, 0.6) is 0 Å². The van der Waals surface area contributed by atoms with Crippen molar-refractivity contribution in [1.82, 2.24) is 4.90 Å². The zero-order valence-corrected chi connectivity index (χ0v) is 22.5. The summed E-state index contributed by atoms with van der Waals surface area (Å²) >= 11 is 0. The first-order valence-electron chi connectivity index (χ1n) is 13.5. The molecule has 4 rings (SSSR count). The molecule has 0 N–H and O–H groups in total. The summed E-state index contributed by atoms with van der Waals surface area (Å²) in [6.45, 7) is 20.1. The Morgan fingerprint density at radius 2 is 1.48 bits per heavy atom. The van der Waals surface area contributed by atoms with Gasteiger partial charge in [0.15, 0.2) is 0 Å². The molecule has 2 aliphatic rings. The average Bonchev–Trinajstić information content (AvgIpc) is 2.82. The quantitative estimate of drug-likeness (QED) is 0.436. The Labute approximate surface area is 203 Å². The average molecular weight is 454 g/mol. The number of benzene rings is 2. The van der Waals surface area contributed by atoms with Gasteiger partial charge in [0.05, 0.1) is 0 Å². The van der Waals surface area contributed by atoms with E-state index >= 15 is 0 Å². The molecule has 0 radical (unpaired) electrons. The lowest BCUT2D eigenvalue weighted by Crippen LogP contribution is -2.57. The van der Waals surface area contributed by atoms with Crippen molar-refractivity contribution in [1.29, 1.82) is 0 Å². The van der Waals surface area contributed by atoms with Crippen LogP contribution in [-0.4, -0.2) is 18.0 Å². The van der Waals surface area contributed by atoms with Gasteiger partial charge in [-0.3, -0.25) is 4.90 Å². The Bertz CT molecular complexity index is 838. The monoisotopic (exact) mass is 453 g/mol. The summed E-state index contributed by atoms with van der Waals surface area (Å²) in [5.41, 5.74) is 4.73. The van der Waals surface area contributed by atoms with E-state index in [1.807, 2.05) is 33.8 Å². The molecule has 2 heteroatoms. The fraction of sp³-hybridized carbons (Fsp3) is 0.613. The normalized spacial score (nSPS) is 17.8. The van der Waals surface area contributed by atoms with Crippen LogP contribution in [-0.2, 0) is 6.54 Å². The SMILES string of the molecule is CC.CC.CC(C)c1cccc(-c2ccc(CN3CC4(CCC(C(C)C)CC4)C3)c(F)c2)c1. The van der Waals surface area contributed by atoms with Crippen LogP contribution in [0, 0.1) is 23.1 Å². The van der Waals surface area contributed by atoms with Crippen LogP contribution in [0.1, 0.15) is 98.1 Å². The maximum Gasteiger partial charge on any atom is 0.128 e. The molecular weight excluding hydrogens is 405 g/mol. The van der Waals surface area contributed by atoms with E-state index in [9.17, 15) is 4.39 Å². The predicted molar refractivity (Wildman–Crippen MR) is 143 cm³/mol. The molecule has 1 nitrogen and oxygen atoms in total. The summed E-state index contributed by atoms with van der Waals surface area (Å²) in [5.74, 6) is 2.14. The van der Waals surface area contributed by atoms with E-state index in [-0.39, 0.29) is 5.82 Å². The topological polar surface area (TPSA) is 3.24 Å². The van der Waals surface area contributed by atoms with Crippen molar-refractivity contribution in [2.75, 3.05) is 13.1 Å². The van der Waals surface area contributed by atoms with Crippen molar-refractivity contribution in [3.8, 4) is 11.1 Å². The standard InChI is InChI=1S/C27H36FN.2C2H6/c1-19(2)21-10-12-27(13-11-21)17-29(18-27)16-25-9-8-24(15-26(25)28)23-7-5-6-22(14-23)20(3)4;2*1-2/h5-9,14-15,19-21H,10-13,16-18H2,1-4H3;2*1-2H3. The third kappa shape index (κ3) is 6.92. The summed E-state index contributed by atoms with van der Waals surface area (Å²) in [6, 6.07) is 14.3. The van der Waals surface area contributed by atoms with Crippen LogP contribution in [0.25, 0.3) is 11.1 Å². The second kappa shape index (κ2) is 12.7. The largest absolute Gasteiger partial charge is 0.298 e. The Morgan fingerprint density at radius 3 is 2.03 bits per heavy atom. The minimum Gasteiger partial charge on any atom is -0.298 e. The molecule has 0 amide bonds. The highest BCUT2D eigenvalue weighted by molar-refractivity contribution is 5.64. The van der Waals surface area contributed by atoms with Crippen LogP contribution in [0.3, 0.4) is 0 Å². The van der Waals surface area contributed by atoms with Gasteiger partial charge < -0.3 is 0 Å². The van der Waals surface area contributed by atoms with Crippen molar-refractivity contribution in [3.63, 3.8) is 0 Å². The number of rotatable bonds is 5. The van der Waals surface area contributed by atoms with E-state index in [1.165, 1.54) is 31.2 Å². The molecule has 1 aliphatic heterocycles. The Hall–Kier alpha value is -1.67. The molecule has 2 aromatic rings. The van der Waals surface area contributed by atoms with Crippen molar-refractivity contribution < 1.29 is 4.39 Å². The first-order valence-corrected chi connectivity index (χ1v) is 13.5. The van der Waals surface area contributed by atoms with Crippen molar-refractivity contribution in [2.24, 2.45) is 17.3 Å². The number of likely N-dealkylation sites (tertiary alicyclic amines) is 1. The second-order valence-electron chi connectivity index (χ2n) is 10.3. The molecule has 2 aromatic carbocycles. The van der Waals surface area contributed by atoms with Crippen molar-refractivity contribution >= 4 is 0 Å². The third-order valence-corrected chi connectivity index (χ3v) is 7.49. The van der Waals surface area contributed by atoms with Gasteiger partial charge in [-0.25, -0.2) is 4.39 Å². The maximum absolute atomic E-state index is 14.9. The minimum atomic E-state index is -0.0677. The molecule has 1 saturated carbocycles. The van der Waals surface area contributed by atoms with E-state index in [1.54, 1.807) is 6.07 Å². The van der Waals surface area contributed by atoms with Crippen LogP contribution >= 0.6 is 0 Å². The summed E-state index contributed by atoms with van der Waals surface area (Å²) < 4.78 is 14.9. The highest BCUT2D eigenvalue weighted by atomic mass is 19.1. The van der Waals surface area contributed by atoms with Gasteiger partial charge in [-0.2, -0.15) is 0 Å². The summed E-state index contributed by atoms with van der Waals surface area (Å²) in [4.78, 5) is 2.44. The van der Waals surface area contributed by atoms with Gasteiger partial charge >= 0.3 is 0 Å². The maximum atomic E-state index is 14.9. The van der Waals surface area contributed by atoms with E-state index in [2.05, 4.69) is 62.9 Å². The Kier molecular flexibility index (Phi) is 10.6. The molecule has 1 heterocycles. The third-order valence-electron chi connectivity index (χ3n) is 7.49. The molecule has 0 bridgehead atoms. The number of nitrogens with zero attached hydrogens (tertiary/aromatic N) is 1. The Balaban J connectivity index is 0.000000914. The van der Waals surface area contributed by atoms with Crippen LogP contribution in [0.2, 0.25) is 0 Å². The summed E-state index contributed by atoms with van der Waals surface area (Å²) in [6.07, 6.45) is 5.48. The smallest absolute Gasteiger partial charge is 0.128 e. The molecule has 33 heavy (non-hydrogen) atoms. The molecule has 1 aliphatic carbocycles. The van der Waals surface area contributed by atoms with E-state index in [4.69, 9.17) is 0 Å². The zero-order valence-electron chi connectivity index (χ0n) is 22.5. The Morgan fingerprint density at radius 1 is 0.879 bits per heavy atom. The summed E-state index contributed by atoms with van der Waals surface area (Å²) in [7, 11) is 0. The highest BCUT2D eigenvalue weighted by Crippen LogP contribution is 2.47. The molecule has 2 fully saturated rings. The minimum absolute atomic E-state index is 0.0677. The highest BCUT2D eigenvalue weighted by Gasteiger charge is 2.45. The number of hydrogen-bond acceptors (Lipinski definition) is 1. The van der Waals surface area contributed by atoms with Crippen LogP contribution < -0.4 is 0 Å². The fourth-order valence-electron chi connectivity index (χ4n) is 5.42. The van der Waals surface area contributed by atoms with Crippen LogP contribution in [0.4, 0.5) is 4.39 Å². The molecule has 0 unspecified atom stereocenters. The lowest BCUT2D eigenvalue weighted by Gasteiger charge is -2.54. The molecule has 0 aromatic heterocycles. The number of hydrogen-bond donors (Lipinski definition) is 0.